The Labute approximate surface area is 217 Å². The molecule has 34 heavy (non-hydrogen) atoms. The van der Waals surface area contributed by atoms with Crippen molar-refractivity contribution in [2.45, 2.75) is 44.8 Å². The number of fused-ring (bicyclic) bond motifs is 1. The van der Waals surface area contributed by atoms with Crippen molar-refractivity contribution in [2.75, 3.05) is 30.3 Å². The summed E-state index contributed by atoms with van der Waals surface area (Å²) >= 11 is 0. The Balaban J connectivity index is 0.00000324. The first-order chi connectivity index (χ1) is 16.1. The van der Waals surface area contributed by atoms with Crippen LogP contribution < -0.4 is 21.3 Å². The number of carbonyl (C=O) groups excluding carboxylic acids is 2. The SMILES string of the molecule is CCNC(=NCc1cccc(NC(=O)C2CCCO2)c1)NCC1CC(=O)Nc2ccccc21.I. The number of nitrogens with zero attached hydrogens (tertiary/aromatic N) is 1. The first-order valence-electron chi connectivity index (χ1n) is 11.5. The van der Waals surface area contributed by atoms with Gasteiger partial charge in [0, 0.05) is 43.4 Å². The molecule has 0 aliphatic carbocycles. The lowest BCUT2D eigenvalue weighted by atomic mass is 9.90. The lowest BCUT2D eigenvalue weighted by molar-refractivity contribution is -0.124. The second kappa shape index (κ2) is 12.7. The molecule has 1 fully saturated rings. The molecule has 4 N–H and O–H groups in total. The highest BCUT2D eigenvalue weighted by Gasteiger charge is 2.25. The van der Waals surface area contributed by atoms with Gasteiger partial charge in [0.25, 0.3) is 5.91 Å². The number of amides is 2. The zero-order valence-electron chi connectivity index (χ0n) is 19.3. The molecule has 2 amide bonds. The Bertz CT molecular complexity index is 1020. The summed E-state index contributed by atoms with van der Waals surface area (Å²) in [5.74, 6) is 0.703. The predicted molar refractivity (Wildman–Crippen MR) is 145 cm³/mol. The number of rotatable bonds is 7. The quantitative estimate of drug-likeness (QED) is 0.229. The van der Waals surface area contributed by atoms with E-state index in [0.717, 1.165) is 41.9 Å². The lowest BCUT2D eigenvalue weighted by Crippen LogP contribution is -2.40. The van der Waals surface area contributed by atoms with Gasteiger partial charge in [-0.15, -0.1) is 24.0 Å². The van der Waals surface area contributed by atoms with Crippen molar-refractivity contribution >= 4 is 53.1 Å². The van der Waals surface area contributed by atoms with Crippen LogP contribution in [0.15, 0.2) is 53.5 Å². The normalized spacial score (nSPS) is 19.4. The summed E-state index contributed by atoms with van der Waals surface area (Å²) in [5, 5.41) is 12.5. The Hall–Kier alpha value is -2.66. The average Bonchev–Trinajstić information content (AvgIpc) is 3.36. The van der Waals surface area contributed by atoms with E-state index < -0.39 is 0 Å². The molecule has 0 spiro atoms. The highest BCUT2D eigenvalue weighted by atomic mass is 127. The minimum absolute atomic E-state index is 0. The minimum Gasteiger partial charge on any atom is -0.368 e. The first kappa shape index (κ1) is 26.0. The van der Waals surface area contributed by atoms with Crippen molar-refractivity contribution in [3.8, 4) is 0 Å². The molecule has 2 aliphatic rings. The molecule has 0 aromatic heterocycles. The maximum Gasteiger partial charge on any atom is 0.253 e. The number of hydrogen-bond donors (Lipinski definition) is 4. The molecule has 9 heteroatoms. The summed E-state index contributed by atoms with van der Waals surface area (Å²) in [5.41, 5.74) is 3.74. The molecule has 182 valence electrons. The first-order valence-corrected chi connectivity index (χ1v) is 11.5. The third-order valence-corrected chi connectivity index (χ3v) is 5.80. The second-order valence-corrected chi connectivity index (χ2v) is 8.30. The van der Waals surface area contributed by atoms with Gasteiger partial charge in [0.2, 0.25) is 5.91 Å². The number of anilines is 2. The Morgan fingerprint density at radius 2 is 2.03 bits per heavy atom. The predicted octanol–water partition coefficient (Wildman–Crippen LogP) is 3.60. The highest BCUT2D eigenvalue weighted by Crippen LogP contribution is 2.31. The van der Waals surface area contributed by atoms with E-state index in [9.17, 15) is 9.59 Å². The molecule has 2 unspecified atom stereocenters. The number of halogens is 1. The number of guanidine groups is 1. The minimum atomic E-state index is -0.358. The summed E-state index contributed by atoms with van der Waals surface area (Å²) in [6.07, 6.45) is 1.77. The molecular formula is C25H32IN5O3. The zero-order chi connectivity index (χ0) is 23.0. The topological polar surface area (TPSA) is 104 Å². The van der Waals surface area contributed by atoms with Crippen molar-refractivity contribution in [3.63, 3.8) is 0 Å². The monoisotopic (exact) mass is 577 g/mol. The second-order valence-electron chi connectivity index (χ2n) is 8.30. The maximum atomic E-state index is 12.3. The number of para-hydroxylation sites is 1. The molecule has 0 radical (unpaired) electrons. The molecule has 0 saturated carbocycles. The van der Waals surface area contributed by atoms with E-state index in [2.05, 4.69) is 27.3 Å². The van der Waals surface area contributed by atoms with E-state index in [-0.39, 0.29) is 47.8 Å². The van der Waals surface area contributed by atoms with E-state index in [1.165, 1.54) is 0 Å². The Kier molecular flexibility index (Phi) is 9.70. The smallest absolute Gasteiger partial charge is 0.253 e. The van der Waals surface area contributed by atoms with Crippen LogP contribution in [-0.2, 0) is 20.9 Å². The Morgan fingerprint density at radius 1 is 1.18 bits per heavy atom. The fourth-order valence-electron chi connectivity index (χ4n) is 4.17. The molecule has 2 aromatic rings. The van der Waals surface area contributed by atoms with Gasteiger partial charge < -0.3 is 26.0 Å². The number of nitrogens with one attached hydrogen (secondary N) is 4. The molecule has 8 nitrogen and oxygen atoms in total. The third kappa shape index (κ3) is 6.92. The van der Waals surface area contributed by atoms with Gasteiger partial charge in [-0.1, -0.05) is 30.3 Å². The number of carbonyl (C=O) groups is 2. The van der Waals surface area contributed by atoms with Gasteiger partial charge >= 0.3 is 0 Å². The van der Waals surface area contributed by atoms with Crippen LogP contribution in [0.25, 0.3) is 0 Å². The van der Waals surface area contributed by atoms with Crippen molar-refractivity contribution in [1.82, 2.24) is 10.6 Å². The summed E-state index contributed by atoms with van der Waals surface area (Å²) in [4.78, 5) is 29.1. The van der Waals surface area contributed by atoms with E-state index in [4.69, 9.17) is 9.73 Å². The average molecular weight is 577 g/mol. The van der Waals surface area contributed by atoms with Crippen molar-refractivity contribution < 1.29 is 14.3 Å². The zero-order valence-corrected chi connectivity index (χ0v) is 21.6. The van der Waals surface area contributed by atoms with Crippen LogP contribution in [-0.4, -0.2) is 43.6 Å². The van der Waals surface area contributed by atoms with Crippen molar-refractivity contribution in [1.29, 1.82) is 0 Å². The molecule has 1 saturated heterocycles. The van der Waals surface area contributed by atoms with Crippen LogP contribution in [0.4, 0.5) is 11.4 Å². The molecular weight excluding hydrogens is 545 g/mol. The lowest BCUT2D eigenvalue weighted by Gasteiger charge is -2.26. The fourth-order valence-corrected chi connectivity index (χ4v) is 4.17. The highest BCUT2D eigenvalue weighted by molar-refractivity contribution is 14.0. The molecule has 2 atom stereocenters. The van der Waals surface area contributed by atoms with E-state index >= 15 is 0 Å². The van der Waals surface area contributed by atoms with Gasteiger partial charge in [-0.3, -0.25) is 9.59 Å². The van der Waals surface area contributed by atoms with Crippen molar-refractivity contribution in [3.05, 3.63) is 59.7 Å². The molecule has 4 rings (SSSR count). The summed E-state index contributed by atoms with van der Waals surface area (Å²) in [6, 6.07) is 15.6. The summed E-state index contributed by atoms with van der Waals surface area (Å²) in [7, 11) is 0. The largest absolute Gasteiger partial charge is 0.368 e. The van der Waals surface area contributed by atoms with Crippen LogP contribution >= 0.6 is 24.0 Å². The maximum absolute atomic E-state index is 12.3. The van der Waals surface area contributed by atoms with Gasteiger partial charge in [0.15, 0.2) is 5.96 Å². The molecule has 0 bridgehead atoms. The number of hydrogen-bond acceptors (Lipinski definition) is 4. The van der Waals surface area contributed by atoms with Gasteiger partial charge in [0.05, 0.1) is 6.54 Å². The van der Waals surface area contributed by atoms with Crippen LogP contribution in [0, 0.1) is 0 Å². The number of benzene rings is 2. The van der Waals surface area contributed by atoms with E-state index in [1.54, 1.807) is 0 Å². The van der Waals surface area contributed by atoms with Crippen LogP contribution in [0.1, 0.15) is 43.2 Å². The number of aliphatic imine (C=N–C) groups is 1. The van der Waals surface area contributed by atoms with Crippen LogP contribution in [0.3, 0.4) is 0 Å². The summed E-state index contributed by atoms with van der Waals surface area (Å²) in [6.45, 7) is 4.45. The van der Waals surface area contributed by atoms with Gasteiger partial charge in [-0.05, 0) is 49.1 Å². The van der Waals surface area contributed by atoms with E-state index in [1.807, 2.05) is 49.4 Å². The molecule has 2 aromatic carbocycles. The fraction of sp³-hybridized carbons (Fsp3) is 0.400. The van der Waals surface area contributed by atoms with Gasteiger partial charge in [-0.25, -0.2) is 4.99 Å². The van der Waals surface area contributed by atoms with Crippen LogP contribution in [0.2, 0.25) is 0 Å². The standard InChI is InChI=1S/C25H31N5O3.HI/c1-2-26-25(28-16-18-14-23(31)30-21-10-4-3-9-20(18)21)27-15-17-7-5-8-19(13-17)29-24(32)22-11-6-12-33-22;/h3-5,7-10,13,18,22H,2,6,11-12,14-16H2,1H3,(H,29,32)(H,30,31)(H2,26,27,28);1H. The molecule has 2 aliphatic heterocycles. The summed E-state index contributed by atoms with van der Waals surface area (Å²) < 4.78 is 5.45. The number of ether oxygens (including phenoxy) is 1. The van der Waals surface area contributed by atoms with Crippen LogP contribution in [0.5, 0.6) is 0 Å². The third-order valence-electron chi connectivity index (χ3n) is 5.80. The Morgan fingerprint density at radius 3 is 2.82 bits per heavy atom. The van der Waals surface area contributed by atoms with E-state index in [0.29, 0.717) is 32.1 Å². The van der Waals surface area contributed by atoms with Crippen molar-refractivity contribution in [2.24, 2.45) is 4.99 Å². The van der Waals surface area contributed by atoms with Gasteiger partial charge in [0.1, 0.15) is 6.10 Å². The van der Waals surface area contributed by atoms with Gasteiger partial charge in [-0.2, -0.15) is 0 Å². The molecule has 2 heterocycles.